The molecule has 0 spiro atoms. The molecule has 1 fully saturated rings. The lowest BCUT2D eigenvalue weighted by atomic mass is 9.92. The first-order chi connectivity index (χ1) is 19.7. The van der Waals surface area contributed by atoms with Gasteiger partial charge in [0.2, 0.25) is 0 Å². The van der Waals surface area contributed by atoms with Gasteiger partial charge in [0.25, 0.3) is 11.7 Å². The number of ether oxygens (including phenoxy) is 2. The molecular weight excluding hydrogens is 518 g/mol. The van der Waals surface area contributed by atoms with E-state index in [9.17, 15) is 9.59 Å². The number of carbonyl (C=O) groups excluding carboxylic acids is 2. The second-order valence-electron chi connectivity index (χ2n) is 11.0. The number of fused-ring (bicyclic) bond motifs is 1. The van der Waals surface area contributed by atoms with Crippen LogP contribution in [0.3, 0.4) is 0 Å². The van der Waals surface area contributed by atoms with Crippen LogP contribution in [0, 0.1) is 11.3 Å². The molecule has 1 aliphatic heterocycles. The van der Waals surface area contributed by atoms with Crippen LogP contribution in [0.25, 0.3) is 16.5 Å². The second-order valence-corrected chi connectivity index (χ2v) is 11.0. The molecule has 1 aromatic heterocycles. The predicted molar refractivity (Wildman–Crippen MR) is 157 cm³/mol. The fourth-order valence-corrected chi connectivity index (χ4v) is 4.71. The Labute approximate surface area is 239 Å². The topological polar surface area (TPSA) is 109 Å². The molecule has 0 unspecified atom stereocenters. The van der Waals surface area contributed by atoms with Crippen molar-refractivity contribution in [1.29, 1.82) is 5.26 Å². The van der Waals surface area contributed by atoms with Crippen molar-refractivity contribution in [2.24, 2.45) is 0 Å². The summed E-state index contributed by atoms with van der Waals surface area (Å²) in [5.41, 5.74) is 1.91. The van der Waals surface area contributed by atoms with E-state index in [-0.39, 0.29) is 5.41 Å². The van der Waals surface area contributed by atoms with Crippen molar-refractivity contribution in [1.82, 2.24) is 14.7 Å². The zero-order chi connectivity index (χ0) is 29.0. The highest BCUT2D eigenvalue weighted by Gasteiger charge is 2.25. The van der Waals surface area contributed by atoms with Crippen molar-refractivity contribution in [2.45, 2.75) is 26.2 Å². The number of nitrogens with one attached hydrogen (secondary N) is 1. The van der Waals surface area contributed by atoms with Gasteiger partial charge in [-0.2, -0.15) is 10.4 Å². The maximum Gasteiger partial charge on any atom is 0.297 e. The lowest BCUT2D eigenvalue weighted by molar-refractivity contribution is -0.112. The average molecular weight is 552 g/mol. The fourth-order valence-electron chi connectivity index (χ4n) is 4.71. The number of rotatable bonds is 8. The number of ketones is 1. The molecule has 0 aliphatic carbocycles. The minimum atomic E-state index is -0.772. The van der Waals surface area contributed by atoms with Gasteiger partial charge in [-0.25, -0.2) is 4.68 Å². The standard InChI is InChI=1S/C32H33N5O4/c1-32(2,3)28-20-29(37(35-28)23-10-8-22(21-33)9-11-23)34-31(39)30(38)26-12-13-27(25-7-5-4-6-24(25)26)41-19-16-36-14-17-40-18-15-36/h4-13,20H,14-19H2,1-3H3,(H,34,39). The smallest absolute Gasteiger partial charge is 0.297 e. The van der Waals surface area contributed by atoms with Crippen molar-refractivity contribution in [3.8, 4) is 17.5 Å². The zero-order valence-corrected chi connectivity index (χ0v) is 23.5. The molecule has 0 atom stereocenters. The summed E-state index contributed by atoms with van der Waals surface area (Å²) in [6.07, 6.45) is 0. The molecular formula is C32H33N5O4. The Morgan fingerprint density at radius 2 is 1.73 bits per heavy atom. The molecule has 0 saturated carbocycles. The van der Waals surface area contributed by atoms with Crippen molar-refractivity contribution in [2.75, 3.05) is 44.8 Å². The molecule has 9 heteroatoms. The number of hydrogen-bond donors (Lipinski definition) is 1. The Kier molecular flexibility index (Phi) is 8.15. The number of Topliss-reactive ketones (excluding diaryl/α,β-unsaturated/α-hetero) is 1. The fraction of sp³-hybridized carbons (Fsp3) is 0.312. The van der Waals surface area contributed by atoms with Crippen LogP contribution < -0.4 is 10.1 Å². The number of carbonyl (C=O) groups is 2. The third-order valence-electron chi connectivity index (χ3n) is 7.06. The van der Waals surface area contributed by atoms with Gasteiger partial charge in [-0.05, 0) is 41.8 Å². The highest BCUT2D eigenvalue weighted by molar-refractivity contribution is 6.48. The number of hydrogen-bond acceptors (Lipinski definition) is 7. The summed E-state index contributed by atoms with van der Waals surface area (Å²) in [5.74, 6) is -0.401. The molecule has 210 valence electrons. The van der Waals surface area contributed by atoms with Crippen LogP contribution in [0.1, 0.15) is 42.4 Å². The number of aromatic nitrogens is 2. The number of nitrogens with zero attached hydrogens (tertiary/aromatic N) is 4. The van der Waals surface area contributed by atoms with Crippen molar-refractivity contribution in [3.05, 3.63) is 83.6 Å². The number of benzene rings is 3. The molecule has 2 heterocycles. The molecule has 9 nitrogen and oxygen atoms in total. The largest absolute Gasteiger partial charge is 0.492 e. The first kappa shape index (κ1) is 28.0. The highest BCUT2D eigenvalue weighted by Crippen LogP contribution is 2.30. The third kappa shape index (κ3) is 6.30. The van der Waals surface area contributed by atoms with Crippen molar-refractivity contribution < 1.29 is 19.1 Å². The van der Waals surface area contributed by atoms with Gasteiger partial charge in [0.15, 0.2) is 0 Å². The minimum Gasteiger partial charge on any atom is -0.492 e. The van der Waals surface area contributed by atoms with E-state index in [4.69, 9.17) is 19.8 Å². The maximum atomic E-state index is 13.5. The quantitative estimate of drug-likeness (QED) is 0.249. The van der Waals surface area contributed by atoms with Gasteiger partial charge < -0.3 is 14.8 Å². The summed E-state index contributed by atoms with van der Waals surface area (Å²) in [6, 6.07) is 21.6. The van der Waals surface area contributed by atoms with Gasteiger partial charge in [0.1, 0.15) is 18.2 Å². The lowest BCUT2D eigenvalue weighted by Gasteiger charge is -2.26. The number of nitriles is 1. The summed E-state index contributed by atoms with van der Waals surface area (Å²) in [6.45, 7) is 10.6. The summed E-state index contributed by atoms with van der Waals surface area (Å²) in [7, 11) is 0. The van der Waals surface area contributed by atoms with Crippen molar-refractivity contribution >= 4 is 28.3 Å². The number of anilines is 1. The van der Waals surface area contributed by atoms with Gasteiger partial charge in [-0.3, -0.25) is 14.5 Å². The van der Waals surface area contributed by atoms with Gasteiger partial charge in [0.05, 0.1) is 36.2 Å². The predicted octanol–water partition coefficient (Wildman–Crippen LogP) is 4.73. The number of amides is 1. The molecule has 1 amide bonds. The van der Waals surface area contributed by atoms with E-state index in [1.54, 1.807) is 47.1 Å². The Hall–Kier alpha value is -4.52. The molecule has 5 rings (SSSR count). The number of morpholine rings is 1. The maximum absolute atomic E-state index is 13.5. The first-order valence-corrected chi connectivity index (χ1v) is 13.7. The molecule has 1 N–H and O–H groups in total. The highest BCUT2D eigenvalue weighted by atomic mass is 16.5. The van der Waals surface area contributed by atoms with Crippen LogP contribution in [0.2, 0.25) is 0 Å². The Bertz CT molecular complexity index is 1610. The Morgan fingerprint density at radius 3 is 2.41 bits per heavy atom. The third-order valence-corrected chi connectivity index (χ3v) is 7.06. The minimum absolute atomic E-state index is 0.291. The summed E-state index contributed by atoms with van der Waals surface area (Å²) >= 11 is 0. The van der Waals surface area contributed by atoms with E-state index in [1.807, 2.05) is 45.0 Å². The van der Waals surface area contributed by atoms with Crippen LogP contribution >= 0.6 is 0 Å². The summed E-state index contributed by atoms with van der Waals surface area (Å²) < 4.78 is 13.1. The van der Waals surface area contributed by atoms with Crippen LogP contribution in [-0.4, -0.2) is 65.8 Å². The molecule has 4 aromatic rings. The van der Waals surface area contributed by atoms with Gasteiger partial charge in [0, 0.05) is 42.1 Å². The molecule has 3 aromatic carbocycles. The summed E-state index contributed by atoms with van der Waals surface area (Å²) in [4.78, 5) is 29.1. The van der Waals surface area contributed by atoms with E-state index < -0.39 is 11.7 Å². The normalized spacial score (nSPS) is 14.0. The van der Waals surface area contributed by atoms with E-state index in [0.29, 0.717) is 40.4 Å². The van der Waals surface area contributed by atoms with E-state index in [0.717, 1.165) is 43.9 Å². The van der Waals surface area contributed by atoms with Crippen LogP contribution in [-0.2, 0) is 14.9 Å². The van der Waals surface area contributed by atoms with Gasteiger partial charge >= 0.3 is 0 Å². The molecule has 41 heavy (non-hydrogen) atoms. The molecule has 1 saturated heterocycles. The van der Waals surface area contributed by atoms with Gasteiger partial charge in [-0.15, -0.1) is 0 Å². The van der Waals surface area contributed by atoms with E-state index in [1.165, 1.54) is 0 Å². The Morgan fingerprint density at radius 1 is 1.02 bits per heavy atom. The molecule has 1 aliphatic rings. The lowest BCUT2D eigenvalue weighted by Crippen LogP contribution is -2.38. The monoisotopic (exact) mass is 551 g/mol. The van der Waals surface area contributed by atoms with Crippen LogP contribution in [0.4, 0.5) is 5.82 Å². The first-order valence-electron chi connectivity index (χ1n) is 13.7. The van der Waals surface area contributed by atoms with Crippen LogP contribution in [0.5, 0.6) is 5.75 Å². The molecule has 0 bridgehead atoms. The SMILES string of the molecule is CC(C)(C)c1cc(NC(=O)C(=O)c2ccc(OCCN3CCOCC3)c3ccccc23)n(-c2ccc(C#N)cc2)n1. The summed E-state index contributed by atoms with van der Waals surface area (Å²) in [5, 5.41) is 18.1. The van der Waals surface area contributed by atoms with Gasteiger partial charge in [-0.1, -0.05) is 45.0 Å². The Balaban J connectivity index is 1.38. The van der Waals surface area contributed by atoms with E-state index >= 15 is 0 Å². The van der Waals surface area contributed by atoms with Crippen LogP contribution in [0.15, 0.2) is 66.7 Å². The average Bonchev–Trinajstić information content (AvgIpc) is 3.42. The van der Waals surface area contributed by atoms with Crippen molar-refractivity contribution in [3.63, 3.8) is 0 Å². The second kappa shape index (κ2) is 11.9. The van der Waals surface area contributed by atoms with E-state index in [2.05, 4.69) is 16.3 Å². The zero-order valence-electron chi connectivity index (χ0n) is 23.5. The molecule has 0 radical (unpaired) electrons.